The van der Waals surface area contributed by atoms with Crippen LogP contribution >= 0.6 is 0 Å². The summed E-state index contributed by atoms with van der Waals surface area (Å²) < 4.78 is 5.28. The Morgan fingerprint density at radius 3 is 2.62 bits per heavy atom. The van der Waals surface area contributed by atoms with Crippen LogP contribution in [0, 0.1) is 6.92 Å². The van der Waals surface area contributed by atoms with Crippen LogP contribution in [0.1, 0.15) is 39.2 Å². The van der Waals surface area contributed by atoms with E-state index in [0.29, 0.717) is 5.56 Å². The number of ether oxygens (including phenoxy) is 1. The van der Waals surface area contributed by atoms with Crippen LogP contribution in [0.4, 0.5) is 0 Å². The monoisotopic (exact) mass is 386 g/mol. The van der Waals surface area contributed by atoms with E-state index in [1.807, 2.05) is 24.3 Å². The van der Waals surface area contributed by atoms with E-state index < -0.39 is 5.97 Å². The van der Waals surface area contributed by atoms with Crippen molar-refractivity contribution in [3.05, 3.63) is 76.5 Å². The number of hydrogen-bond donors (Lipinski definition) is 1. The van der Waals surface area contributed by atoms with Gasteiger partial charge in [-0.2, -0.15) is 0 Å². The van der Waals surface area contributed by atoms with Gasteiger partial charge in [-0.15, -0.1) is 0 Å². The van der Waals surface area contributed by atoms with Gasteiger partial charge in [-0.05, 0) is 48.6 Å². The maximum Gasteiger partial charge on any atom is 0.339 e. The van der Waals surface area contributed by atoms with Crippen LogP contribution in [-0.4, -0.2) is 30.5 Å². The van der Waals surface area contributed by atoms with Crippen molar-refractivity contribution in [3.8, 4) is 0 Å². The van der Waals surface area contributed by atoms with Crippen molar-refractivity contribution in [2.45, 2.75) is 19.8 Å². The molecular formula is C24H22N2O3. The minimum Gasteiger partial charge on any atom is -0.452 e. The first-order valence-corrected chi connectivity index (χ1v) is 9.63. The molecule has 0 unspecified atom stereocenters. The lowest BCUT2D eigenvalue weighted by molar-refractivity contribution is -0.123. The molecule has 3 aromatic rings. The Bertz CT molecular complexity index is 1130. The van der Waals surface area contributed by atoms with Gasteiger partial charge in [0.05, 0.1) is 16.8 Å². The molecule has 0 atom stereocenters. The lowest BCUT2D eigenvalue weighted by atomic mass is 10.0. The number of pyridine rings is 1. The van der Waals surface area contributed by atoms with Gasteiger partial charge in [0.25, 0.3) is 5.91 Å². The number of allylic oxidation sites excluding steroid dienone is 1. The number of amides is 1. The van der Waals surface area contributed by atoms with Crippen molar-refractivity contribution in [3.63, 3.8) is 0 Å². The van der Waals surface area contributed by atoms with E-state index in [2.05, 4.69) is 42.6 Å². The highest BCUT2D eigenvalue weighted by Gasteiger charge is 2.27. The highest BCUT2D eigenvalue weighted by Crippen LogP contribution is 2.37. The predicted octanol–water partition coefficient (Wildman–Crippen LogP) is 3.93. The molecule has 29 heavy (non-hydrogen) atoms. The molecule has 0 radical (unpaired) electrons. The largest absolute Gasteiger partial charge is 0.452 e. The molecule has 1 aliphatic carbocycles. The first kappa shape index (κ1) is 18.9. The number of fused-ring (bicyclic) bond motifs is 2. The summed E-state index contributed by atoms with van der Waals surface area (Å²) in [4.78, 5) is 29.3. The van der Waals surface area contributed by atoms with Crippen molar-refractivity contribution in [2.75, 3.05) is 13.7 Å². The fraction of sp³-hybridized carbons (Fsp3) is 0.208. The van der Waals surface area contributed by atoms with Crippen LogP contribution in [0.15, 0.2) is 48.5 Å². The van der Waals surface area contributed by atoms with E-state index in [0.717, 1.165) is 46.1 Å². The summed E-state index contributed by atoms with van der Waals surface area (Å²) in [5.41, 5.74) is 6.42. The molecule has 0 spiro atoms. The number of carbonyl (C=O) groups is 2. The minimum absolute atomic E-state index is 0.299. The van der Waals surface area contributed by atoms with Crippen LogP contribution in [0.3, 0.4) is 0 Å². The lowest BCUT2D eigenvalue weighted by Gasteiger charge is -2.12. The number of aromatic nitrogens is 1. The second-order valence-corrected chi connectivity index (χ2v) is 7.16. The molecule has 2 aromatic carbocycles. The maximum absolute atomic E-state index is 12.9. The van der Waals surface area contributed by atoms with E-state index in [-0.39, 0.29) is 12.5 Å². The number of hydrogen-bond acceptors (Lipinski definition) is 4. The Labute approximate surface area is 169 Å². The Hall–Kier alpha value is -3.47. The Morgan fingerprint density at radius 1 is 1.10 bits per heavy atom. The van der Waals surface area contributed by atoms with Crippen molar-refractivity contribution >= 4 is 34.4 Å². The zero-order chi connectivity index (χ0) is 20.4. The Balaban J connectivity index is 1.80. The van der Waals surface area contributed by atoms with Crippen LogP contribution in [-0.2, 0) is 16.0 Å². The molecule has 1 aromatic heterocycles. The zero-order valence-electron chi connectivity index (χ0n) is 16.5. The average Bonchev–Trinajstić information content (AvgIpc) is 3.13. The molecule has 4 rings (SSSR count). The molecule has 1 heterocycles. The standard InChI is InChI=1S/C24H22N2O3/c1-15-7-9-16(10-8-15)13-17-11-12-19-22(24(28)29-14-21(27)25-2)18-5-3-4-6-20(18)26-23(17)19/h3-10,13H,11-12,14H2,1-2H3,(H,25,27)/b17-13-. The third-order valence-electron chi connectivity index (χ3n) is 5.18. The van der Waals surface area contributed by atoms with Gasteiger partial charge in [-0.25, -0.2) is 9.78 Å². The summed E-state index contributed by atoms with van der Waals surface area (Å²) in [6.45, 7) is 1.76. The number of nitrogens with one attached hydrogen (secondary N) is 1. The molecule has 0 fully saturated rings. The maximum atomic E-state index is 12.9. The van der Waals surface area contributed by atoms with Gasteiger partial charge in [-0.1, -0.05) is 48.0 Å². The van der Waals surface area contributed by atoms with Crippen LogP contribution in [0.25, 0.3) is 22.6 Å². The second kappa shape index (κ2) is 7.87. The van der Waals surface area contributed by atoms with Gasteiger partial charge in [-0.3, -0.25) is 4.79 Å². The first-order valence-electron chi connectivity index (χ1n) is 9.63. The molecule has 5 heteroatoms. The number of aryl methyl sites for hydroxylation is 1. The summed E-state index contributed by atoms with van der Waals surface area (Å²) in [5.74, 6) is -0.826. The third-order valence-corrected chi connectivity index (χ3v) is 5.18. The summed E-state index contributed by atoms with van der Waals surface area (Å²) in [7, 11) is 1.51. The summed E-state index contributed by atoms with van der Waals surface area (Å²) in [6, 6.07) is 15.9. The van der Waals surface area contributed by atoms with E-state index in [9.17, 15) is 9.59 Å². The van der Waals surface area contributed by atoms with Gasteiger partial charge < -0.3 is 10.1 Å². The Kier molecular flexibility index (Phi) is 5.12. The van der Waals surface area contributed by atoms with Gasteiger partial charge in [0.2, 0.25) is 0 Å². The lowest BCUT2D eigenvalue weighted by Crippen LogP contribution is -2.25. The number of benzene rings is 2. The summed E-state index contributed by atoms with van der Waals surface area (Å²) in [6.07, 6.45) is 3.66. The molecule has 0 saturated heterocycles. The smallest absolute Gasteiger partial charge is 0.339 e. The van der Waals surface area contributed by atoms with Crippen LogP contribution in [0.5, 0.6) is 0 Å². The molecule has 1 amide bonds. The van der Waals surface area contributed by atoms with E-state index in [4.69, 9.17) is 9.72 Å². The van der Waals surface area contributed by atoms with Crippen molar-refractivity contribution in [2.24, 2.45) is 0 Å². The fourth-order valence-corrected chi connectivity index (χ4v) is 3.65. The number of rotatable bonds is 4. The molecular weight excluding hydrogens is 364 g/mol. The first-order chi connectivity index (χ1) is 14.1. The van der Waals surface area contributed by atoms with Crippen LogP contribution < -0.4 is 5.32 Å². The van der Waals surface area contributed by atoms with Gasteiger partial charge in [0.1, 0.15) is 0 Å². The summed E-state index contributed by atoms with van der Waals surface area (Å²) >= 11 is 0. The highest BCUT2D eigenvalue weighted by atomic mass is 16.5. The van der Waals surface area contributed by atoms with E-state index in [1.165, 1.54) is 12.6 Å². The molecule has 5 nitrogen and oxygen atoms in total. The summed E-state index contributed by atoms with van der Waals surface area (Å²) in [5, 5.41) is 3.22. The zero-order valence-corrected chi connectivity index (χ0v) is 16.5. The number of esters is 1. The second-order valence-electron chi connectivity index (χ2n) is 7.16. The van der Waals surface area contributed by atoms with Gasteiger partial charge in [0.15, 0.2) is 6.61 Å². The number of carbonyl (C=O) groups excluding carboxylic acids is 2. The average molecular weight is 386 g/mol. The quantitative estimate of drug-likeness (QED) is 0.690. The van der Waals surface area contributed by atoms with E-state index >= 15 is 0 Å². The van der Waals surface area contributed by atoms with Crippen molar-refractivity contribution in [1.29, 1.82) is 0 Å². The molecule has 1 N–H and O–H groups in total. The fourth-order valence-electron chi connectivity index (χ4n) is 3.65. The topological polar surface area (TPSA) is 68.3 Å². The third kappa shape index (κ3) is 3.76. The number of likely N-dealkylation sites (N-methyl/N-ethyl adjacent to an activating group) is 1. The Morgan fingerprint density at radius 2 is 1.86 bits per heavy atom. The number of para-hydroxylation sites is 1. The predicted molar refractivity (Wildman–Crippen MR) is 113 cm³/mol. The van der Waals surface area contributed by atoms with E-state index in [1.54, 1.807) is 0 Å². The molecule has 1 aliphatic rings. The van der Waals surface area contributed by atoms with Crippen LogP contribution in [0.2, 0.25) is 0 Å². The van der Waals surface area contributed by atoms with Gasteiger partial charge >= 0.3 is 5.97 Å². The van der Waals surface area contributed by atoms with Crippen molar-refractivity contribution < 1.29 is 14.3 Å². The SMILES string of the molecule is CNC(=O)COC(=O)c1c2c(nc3ccccc13)/C(=C\c1ccc(C)cc1)CC2. The minimum atomic E-state index is -0.486. The molecule has 146 valence electrons. The molecule has 0 aliphatic heterocycles. The van der Waals surface area contributed by atoms with Crippen molar-refractivity contribution in [1.82, 2.24) is 10.3 Å². The molecule has 0 bridgehead atoms. The van der Waals surface area contributed by atoms with Gasteiger partial charge in [0, 0.05) is 12.4 Å². The normalized spacial score (nSPS) is 14.1. The highest BCUT2D eigenvalue weighted by molar-refractivity contribution is 6.07. The number of nitrogens with zero attached hydrogens (tertiary/aromatic N) is 1. The molecule has 0 saturated carbocycles.